The lowest BCUT2D eigenvalue weighted by molar-refractivity contribution is 0.111. The smallest absolute Gasteiger partial charge is 0.214 e. The number of halogens is 1. The van der Waals surface area contributed by atoms with Crippen molar-refractivity contribution in [3.05, 3.63) is 59.4 Å². The summed E-state index contributed by atoms with van der Waals surface area (Å²) in [6.07, 6.45) is 2.38. The third-order valence-corrected chi connectivity index (χ3v) is 4.34. The topological polar surface area (TPSA) is 57.0 Å². The number of rotatable bonds is 5. The Hall–Kier alpha value is -2.31. The van der Waals surface area contributed by atoms with Gasteiger partial charge in [-0.15, -0.1) is 0 Å². The van der Waals surface area contributed by atoms with Crippen LogP contribution in [0.3, 0.4) is 0 Å². The van der Waals surface area contributed by atoms with Crippen molar-refractivity contribution >= 4 is 29.6 Å². The first kappa shape index (κ1) is 15.6. The maximum absolute atomic E-state index is 11.1. The summed E-state index contributed by atoms with van der Waals surface area (Å²) in [6.45, 7) is 0. The minimum absolute atomic E-state index is 0.341. The summed E-state index contributed by atoms with van der Waals surface area (Å²) in [7, 11) is 1.56. The largest absolute Gasteiger partial charge is 0.481 e. The molecule has 2 aromatic heterocycles. The first-order valence-corrected chi connectivity index (χ1v) is 7.89. The van der Waals surface area contributed by atoms with Gasteiger partial charge in [-0.2, -0.15) is 5.10 Å². The predicted molar refractivity (Wildman–Crippen MR) is 88.9 cm³/mol. The third kappa shape index (κ3) is 3.38. The molecule has 5 nitrogen and oxygen atoms in total. The van der Waals surface area contributed by atoms with E-state index in [1.54, 1.807) is 30.1 Å². The third-order valence-electron chi connectivity index (χ3n) is 3.03. The van der Waals surface area contributed by atoms with Crippen LogP contribution in [-0.4, -0.2) is 28.2 Å². The lowest BCUT2D eigenvalue weighted by Crippen LogP contribution is -1.99. The van der Waals surface area contributed by atoms with E-state index in [4.69, 9.17) is 16.3 Å². The molecule has 0 saturated heterocycles. The van der Waals surface area contributed by atoms with Gasteiger partial charge < -0.3 is 4.74 Å². The molecule has 0 atom stereocenters. The highest BCUT2D eigenvalue weighted by Gasteiger charge is 2.13. The number of carbonyl (C=O) groups is 1. The lowest BCUT2D eigenvalue weighted by Gasteiger charge is -2.09. The highest BCUT2D eigenvalue weighted by atomic mass is 35.5. The molecule has 0 radical (unpaired) electrons. The molecule has 0 aliphatic rings. The van der Waals surface area contributed by atoms with E-state index in [1.165, 1.54) is 11.8 Å². The second-order valence-corrected chi connectivity index (χ2v) is 6.03. The van der Waals surface area contributed by atoms with Gasteiger partial charge in [-0.3, -0.25) is 4.79 Å². The molecule has 0 saturated carbocycles. The number of hydrogen-bond donors (Lipinski definition) is 0. The number of nitrogens with zero attached hydrogens (tertiary/aromatic N) is 3. The SMILES string of the molecule is COc1cc(Sc2cc(C=O)nn2-c2ccccc2Cl)ccn1. The molecule has 0 unspecified atom stereocenters. The lowest BCUT2D eigenvalue weighted by atomic mass is 10.3. The molecule has 7 heteroatoms. The van der Waals surface area contributed by atoms with Gasteiger partial charge in [0.25, 0.3) is 0 Å². The van der Waals surface area contributed by atoms with Crippen LogP contribution in [0.2, 0.25) is 5.02 Å². The number of pyridine rings is 1. The second-order valence-electron chi connectivity index (χ2n) is 4.52. The van der Waals surface area contributed by atoms with E-state index in [0.717, 1.165) is 9.92 Å². The summed E-state index contributed by atoms with van der Waals surface area (Å²) in [4.78, 5) is 16.1. The van der Waals surface area contributed by atoms with Crippen molar-refractivity contribution < 1.29 is 9.53 Å². The molecule has 0 spiro atoms. The zero-order chi connectivity index (χ0) is 16.2. The van der Waals surface area contributed by atoms with Gasteiger partial charge in [0.1, 0.15) is 10.7 Å². The van der Waals surface area contributed by atoms with Crippen LogP contribution in [0.4, 0.5) is 0 Å². The van der Waals surface area contributed by atoms with Gasteiger partial charge in [-0.1, -0.05) is 35.5 Å². The van der Waals surface area contributed by atoms with Gasteiger partial charge in [0.2, 0.25) is 5.88 Å². The Kier molecular flexibility index (Phi) is 4.64. The molecule has 0 aliphatic heterocycles. The molecule has 0 bridgehead atoms. The van der Waals surface area contributed by atoms with Gasteiger partial charge >= 0.3 is 0 Å². The van der Waals surface area contributed by atoms with E-state index in [0.29, 0.717) is 28.6 Å². The van der Waals surface area contributed by atoms with E-state index in [2.05, 4.69) is 10.1 Å². The highest BCUT2D eigenvalue weighted by molar-refractivity contribution is 7.99. The average Bonchev–Trinajstić information content (AvgIpc) is 2.98. The number of carbonyl (C=O) groups excluding carboxylic acids is 1. The number of aldehydes is 1. The Morgan fingerprint density at radius 2 is 2.09 bits per heavy atom. The minimum atomic E-state index is 0.341. The Labute approximate surface area is 142 Å². The number of ether oxygens (including phenoxy) is 1. The van der Waals surface area contributed by atoms with Crippen LogP contribution < -0.4 is 4.74 Å². The van der Waals surface area contributed by atoms with Crippen molar-refractivity contribution in [2.24, 2.45) is 0 Å². The van der Waals surface area contributed by atoms with Gasteiger partial charge in [0.05, 0.1) is 17.8 Å². The zero-order valence-electron chi connectivity index (χ0n) is 12.1. The fourth-order valence-electron chi connectivity index (χ4n) is 1.99. The Bertz CT molecular complexity index is 851. The standard InChI is InChI=1S/C16H12ClN3O2S/c1-22-15-9-12(6-7-18-15)23-16-8-11(10-21)19-20(16)14-5-3-2-4-13(14)17/h2-10H,1H3. The number of aromatic nitrogens is 3. The summed E-state index contributed by atoms with van der Waals surface area (Å²) in [5.74, 6) is 0.523. The van der Waals surface area contributed by atoms with E-state index in [9.17, 15) is 4.79 Å². The number of para-hydroxylation sites is 1. The van der Waals surface area contributed by atoms with Crippen molar-refractivity contribution in [1.29, 1.82) is 0 Å². The molecule has 116 valence electrons. The molecular formula is C16H12ClN3O2S. The maximum atomic E-state index is 11.1. The fraction of sp³-hybridized carbons (Fsp3) is 0.0625. The Morgan fingerprint density at radius 1 is 1.26 bits per heavy atom. The summed E-state index contributed by atoms with van der Waals surface area (Å²) >= 11 is 7.69. The summed E-state index contributed by atoms with van der Waals surface area (Å²) in [6, 6.07) is 12.7. The number of benzene rings is 1. The molecule has 3 rings (SSSR count). The van der Waals surface area contributed by atoms with Crippen LogP contribution in [0.5, 0.6) is 5.88 Å². The molecule has 0 N–H and O–H groups in total. The van der Waals surface area contributed by atoms with Crippen molar-refractivity contribution in [2.45, 2.75) is 9.92 Å². The van der Waals surface area contributed by atoms with Crippen LogP contribution in [0, 0.1) is 0 Å². The molecule has 0 amide bonds. The maximum Gasteiger partial charge on any atom is 0.214 e. The van der Waals surface area contributed by atoms with E-state index < -0.39 is 0 Å². The quantitative estimate of drug-likeness (QED) is 0.656. The highest BCUT2D eigenvalue weighted by Crippen LogP contribution is 2.32. The van der Waals surface area contributed by atoms with Crippen LogP contribution in [0.15, 0.2) is 58.6 Å². The summed E-state index contributed by atoms with van der Waals surface area (Å²) in [5, 5.41) is 5.62. The first-order valence-electron chi connectivity index (χ1n) is 6.69. The first-order chi connectivity index (χ1) is 11.2. The van der Waals surface area contributed by atoms with Crippen molar-refractivity contribution in [3.8, 4) is 11.6 Å². The molecule has 0 fully saturated rings. The van der Waals surface area contributed by atoms with Crippen LogP contribution in [0.1, 0.15) is 10.5 Å². The van der Waals surface area contributed by atoms with E-state index in [-0.39, 0.29) is 0 Å². The van der Waals surface area contributed by atoms with Gasteiger partial charge in [0.15, 0.2) is 6.29 Å². The molecule has 3 aromatic rings. The number of hydrogen-bond acceptors (Lipinski definition) is 5. The normalized spacial score (nSPS) is 10.5. The van der Waals surface area contributed by atoms with Crippen LogP contribution in [-0.2, 0) is 0 Å². The van der Waals surface area contributed by atoms with Crippen molar-refractivity contribution in [1.82, 2.24) is 14.8 Å². The Morgan fingerprint density at radius 3 is 2.83 bits per heavy atom. The van der Waals surface area contributed by atoms with Crippen LogP contribution >= 0.6 is 23.4 Å². The summed E-state index contributed by atoms with van der Waals surface area (Å²) < 4.78 is 6.79. The van der Waals surface area contributed by atoms with Crippen molar-refractivity contribution in [3.63, 3.8) is 0 Å². The summed E-state index contributed by atoms with van der Waals surface area (Å²) in [5.41, 5.74) is 1.05. The second kappa shape index (κ2) is 6.85. The van der Waals surface area contributed by atoms with Gasteiger partial charge in [-0.05, 0) is 18.2 Å². The Balaban J connectivity index is 2.03. The minimum Gasteiger partial charge on any atom is -0.481 e. The van der Waals surface area contributed by atoms with Crippen LogP contribution in [0.25, 0.3) is 5.69 Å². The molecular weight excluding hydrogens is 334 g/mol. The number of methoxy groups -OCH3 is 1. The molecule has 2 heterocycles. The van der Waals surface area contributed by atoms with Gasteiger partial charge in [-0.25, -0.2) is 9.67 Å². The molecule has 0 aliphatic carbocycles. The zero-order valence-corrected chi connectivity index (χ0v) is 13.7. The molecule has 1 aromatic carbocycles. The molecule has 23 heavy (non-hydrogen) atoms. The van der Waals surface area contributed by atoms with E-state index >= 15 is 0 Å². The average molecular weight is 346 g/mol. The van der Waals surface area contributed by atoms with E-state index in [1.807, 2.05) is 30.3 Å². The predicted octanol–water partition coefficient (Wildman–Crippen LogP) is 3.89. The van der Waals surface area contributed by atoms with Gasteiger partial charge in [0, 0.05) is 23.2 Å². The van der Waals surface area contributed by atoms with Crippen molar-refractivity contribution in [2.75, 3.05) is 7.11 Å². The fourth-order valence-corrected chi connectivity index (χ4v) is 3.15. The monoisotopic (exact) mass is 345 g/mol.